The molecule has 6 heteroatoms. The normalized spacial score (nSPS) is 11.1. The number of hydrogen-bond donors (Lipinski definition) is 2. The van der Waals surface area contributed by atoms with Crippen LogP contribution in [0.2, 0.25) is 0 Å². The van der Waals surface area contributed by atoms with Crippen molar-refractivity contribution in [3.05, 3.63) is 39.4 Å². The third-order valence-electron chi connectivity index (χ3n) is 2.36. The number of hydrogen-bond acceptors (Lipinski definition) is 4. The molecule has 0 spiro atoms. The first-order valence-electron chi connectivity index (χ1n) is 5.53. The second-order valence-corrected chi connectivity index (χ2v) is 4.93. The Morgan fingerprint density at radius 2 is 2.11 bits per heavy atom. The molecular weight excluding hydrogens is 234 g/mol. The van der Waals surface area contributed by atoms with Crippen LogP contribution in [0.15, 0.2) is 18.2 Å². The summed E-state index contributed by atoms with van der Waals surface area (Å²) in [5.41, 5.74) is 6.11. The molecule has 0 saturated heterocycles. The number of amides is 1. The molecule has 0 aromatic heterocycles. The second kappa shape index (κ2) is 5.14. The second-order valence-electron chi connectivity index (χ2n) is 4.93. The van der Waals surface area contributed by atoms with E-state index in [0.29, 0.717) is 17.7 Å². The first kappa shape index (κ1) is 14.1. The lowest BCUT2D eigenvalue weighted by atomic mass is 10.1. The lowest BCUT2D eigenvalue weighted by molar-refractivity contribution is -0.385. The molecule has 6 nitrogen and oxygen atoms in total. The Morgan fingerprint density at radius 3 is 2.56 bits per heavy atom. The fourth-order valence-electron chi connectivity index (χ4n) is 1.41. The molecular formula is C12H17N3O3. The molecule has 0 unspecified atom stereocenters. The highest BCUT2D eigenvalue weighted by Crippen LogP contribution is 2.18. The van der Waals surface area contributed by atoms with Crippen LogP contribution < -0.4 is 11.1 Å². The average Bonchev–Trinajstić information content (AvgIpc) is 2.24. The van der Waals surface area contributed by atoms with Crippen molar-refractivity contribution in [2.45, 2.75) is 26.3 Å². The van der Waals surface area contributed by atoms with Crippen LogP contribution in [0.1, 0.15) is 29.8 Å². The number of nitro benzene ring substituents is 1. The van der Waals surface area contributed by atoms with E-state index in [0.717, 1.165) is 0 Å². The van der Waals surface area contributed by atoms with E-state index in [-0.39, 0.29) is 11.6 Å². The van der Waals surface area contributed by atoms with E-state index in [1.54, 1.807) is 20.8 Å². The first-order chi connectivity index (χ1) is 8.20. The van der Waals surface area contributed by atoms with Crippen LogP contribution in [0.4, 0.5) is 5.69 Å². The zero-order valence-corrected chi connectivity index (χ0v) is 10.7. The number of rotatable bonds is 4. The van der Waals surface area contributed by atoms with E-state index >= 15 is 0 Å². The first-order valence-corrected chi connectivity index (χ1v) is 5.53. The van der Waals surface area contributed by atoms with Crippen molar-refractivity contribution in [3.8, 4) is 0 Å². The SMILES string of the molecule is Cc1cc(C(=O)NCC(C)(C)N)ccc1[N+](=O)[O-]. The number of nitrogens with two attached hydrogens (primary N) is 1. The third-order valence-corrected chi connectivity index (χ3v) is 2.36. The largest absolute Gasteiger partial charge is 0.350 e. The summed E-state index contributed by atoms with van der Waals surface area (Å²) in [4.78, 5) is 22.0. The number of benzene rings is 1. The lowest BCUT2D eigenvalue weighted by Gasteiger charge is -2.18. The maximum atomic E-state index is 11.8. The standard InChI is InChI=1S/C12H17N3O3/c1-8-6-9(4-5-10(8)15(17)18)11(16)14-7-12(2,3)13/h4-6H,7,13H2,1-3H3,(H,14,16). The fourth-order valence-corrected chi connectivity index (χ4v) is 1.41. The maximum Gasteiger partial charge on any atom is 0.272 e. The molecule has 0 saturated carbocycles. The molecule has 1 aromatic carbocycles. The van der Waals surface area contributed by atoms with Gasteiger partial charge in [0.1, 0.15) is 0 Å². The molecule has 0 bridgehead atoms. The van der Waals surface area contributed by atoms with Crippen molar-refractivity contribution in [1.82, 2.24) is 5.32 Å². The summed E-state index contributed by atoms with van der Waals surface area (Å²) in [6, 6.07) is 4.26. The quantitative estimate of drug-likeness (QED) is 0.623. The average molecular weight is 251 g/mol. The Kier molecular flexibility index (Phi) is 4.03. The van der Waals surface area contributed by atoms with Gasteiger partial charge in [0.15, 0.2) is 0 Å². The van der Waals surface area contributed by atoms with Gasteiger partial charge in [-0.15, -0.1) is 0 Å². The van der Waals surface area contributed by atoms with Crippen molar-refractivity contribution in [3.63, 3.8) is 0 Å². The van der Waals surface area contributed by atoms with Gasteiger partial charge in [0.25, 0.3) is 11.6 Å². The van der Waals surface area contributed by atoms with Crippen LogP contribution in [0.3, 0.4) is 0 Å². The van der Waals surface area contributed by atoms with Crippen molar-refractivity contribution in [1.29, 1.82) is 0 Å². The van der Waals surface area contributed by atoms with E-state index in [2.05, 4.69) is 5.32 Å². The topological polar surface area (TPSA) is 98.3 Å². The number of carbonyl (C=O) groups is 1. The van der Waals surface area contributed by atoms with Gasteiger partial charge in [-0.05, 0) is 32.9 Å². The van der Waals surface area contributed by atoms with Crippen LogP contribution in [0.5, 0.6) is 0 Å². The minimum absolute atomic E-state index is 0.00528. The van der Waals surface area contributed by atoms with Gasteiger partial charge in [-0.2, -0.15) is 0 Å². The predicted octanol–water partition coefficient (Wildman–Crippen LogP) is 1.37. The number of nitrogens with one attached hydrogen (secondary N) is 1. The zero-order chi connectivity index (χ0) is 13.9. The van der Waals surface area contributed by atoms with Crippen LogP contribution >= 0.6 is 0 Å². The van der Waals surface area contributed by atoms with Crippen molar-refractivity contribution in [2.75, 3.05) is 6.54 Å². The van der Waals surface area contributed by atoms with Gasteiger partial charge in [0.2, 0.25) is 0 Å². The molecule has 0 aliphatic heterocycles. The maximum absolute atomic E-state index is 11.8. The van der Waals surface area contributed by atoms with Crippen LogP contribution in [0, 0.1) is 17.0 Å². The highest BCUT2D eigenvalue weighted by molar-refractivity contribution is 5.94. The molecule has 1 rings (SSSR count). The zero-order valence-electron chi connectivity index (χ0n) is 10.7. The Bertz CT molecular complexity index is 478. The molecule has 0 atom stereocenters. The Hall–Kier alpha value is -1.95. The molecule has 0 radical (unpaired) electrons. The molecule has 0 aliphatic carbocycles. The summed E-state index contributed by atoms with van der Waals surface area (Å²) in [5, 5.41) is 13.3. The Morgan fingerprint density at radius 1 is 1.50 bits per heavy atom. The van der Waals surface area contributed by atoms with Crippen LogP contribution in [-0.4, -0.2) is 22.9 Å². The number of nitrogens with zero attached hydrogens (tertiary/aromatic N) is 1. The van der Waals surface area contributed by atoms with Crippen molar-refractivity contribution < 1.29 is 9.72 Å². The van der Waals surface area contributed by atoms with E-state index in [4.69, 9.17) is 5.73 Å². The van der Waals surface area contributed by atoms with Gasteiger partial charge in [0.05, 0.1) is 4.92 Å². The van der Waals surface area contributed by atoms with Crippen LogP contribution in [-0.2, 0) is 0 Å². The van der Waals surface area contributed by atoms with Gasteiger partial charge < -0.3 is 11.1 Å². The molecule has 18 heavy (non-hydrogen) atoms. The summed E-state index contributed by atoms with van der Waals surface area (Å²) < 4.78 is 0. The van der Waals surface area contributed by atoms with Gasteiger partial charge in [-0.1, -0.05) is 0 Å². The van der Waals surface area contributed by atoms with Crippen molar-refractivity contribution in [2.24, 2.45) is 5.73 Å². The van der Waals surface area contributed by atoms with Gasteiger partial charge in [-0.3, -0.25) is 14.9 Å². The Balaban J connectivity index is 2.82. The van der Waals surface area contributed by atoms with Crippen molar-refractivity contribution >= 4 is 11.6 Å². The van der Waals surface area contributed by atoms with E-state index in [1.165, 1.54) is 18.2 Å². The fraction of sp³-hybridized carbons (Fsp3) is 0.417. The summed E-state index contributed by atoms with van der Waals surface area (Å²) in [6.45, 7) is 5.53. The number of nitro groups is 1. The highest BCUT2D eigenvalue weighted by atomic mass is 16.6. The van der Waals surface area contributed by atoms with Gasteiger partial charge in [0, 0.05) is 29.3 Å². The smallest absolute Gasteiger partial charge is 0.272 e. The molecule has 98 valence electrons. The minimum atomic E-state index is -0.495. The highest BCUT2D eigenvalue weighted by Gasteiger charge is 2.16. The molecule has 1 amide bonds. The molecule has 3 N–H and O–H groups in total. The van der Waals surface area contributed by atoms with E-state index in [9.17, 15) is 14.9 Å². The molecule has 1 aromatic rings. The van der Waals surface area contributed by atoms with Gasteiger partial charge in [-0.25, -0.2) is 0 Å². The van der Waals surface area contributed by atoms with E-state index < -0.39 is 10.5 Å². The molecule has 0 heterocycles. The number of aryl methyl sites for hydroxylation is 1. The molecule has 0 fully saturated rings. The third kappa shape index (κ3) is 3.81. The van der Waals surface area contributed by atoms with Crippen LogP contribution in [0.25, 0.3) is 0 Å². The van der Waals surface area contributed by atoms with E-state index in [1.807, 2.05) is 0 Å². The van der Waals surface area contributed by atoms with Gasteiger partial charge >= 0.3 is 0 Å². The lowest BCUT2D eigenvalue weighted by Crippen LogP contribution is -2.45. The Labute approximate surface area is 105 Å². The summed E-state index contributed by atoms with van der Waals surface area (Å²) in [6.07, 6.45) is 0. The monoisotopic (exact) mass is 251 g/mol. The summed E-state index contributed by atoms with van der Waals surface area (Å²) in [5.74, 6) is -0.286. The summed E-state index contributed by atoms with van der Waals surface area (Å²) >= 11 is 0. The molecule has 0 aliphatic rings. The summed E-state index contributed by atoms with van der Waals surface area (Å²) in [7, 11) is 0. The minimum Gasteiger partial charge on any atom is -0.350 e. The predicted molar refractivity (Wildman–Crippen MR) is 68.4 cm³/mol. The number of carbonyl (C=O) groups excluding carboxylic acids is 1.